The van der Waals surface area contributed by atoms with Crippen LogP contribution in [0.15, 0.2) is 55.3 Å². The van der Waals surface area contributed by atoms with Crippen molar-refractivity contribution in [3.05, 3.63) is 55.3 Å². The number of nitrogens with one attached hydrogen (secondary N) is 3. The highest BCUT2D eigenvalue weighted by atomic mass is 15.2. The average Bonchev–Trinajstić information content (AvgIpc) is 3.51. The first-order valence-electron chi connectivity index (χ1n) is 13.2. The molecule has 6 rings (SSSR count). The molecule has 1 saturated heterocycles. The van der Waals surface area contributed by atoms with Gasteiger partial charge in [0.05, 0.1) is 46.7 Å². The summed E-state index contributed by atoms with van der Waals surface area (Å²) < 4.78 is 0. The Morgan fingerprint density at radius 2 is 1.79 bits per heavy atom. The molecule has 5 aromatic heterocycles. The van der Waals surface area contributed by atoms with E-state index in [1.165, 1.54) is 19.3 Å². The minimum Gasteiger partial charge on any atom is -0.368 e. The van der Waals surface area contributed by atoms with E-state index in [4.69, 9.17) is 9.97 Å². The van der Waals surface area contributed by atoms with Crippen molar-refractivity contribution in [2.75, 3.05) is 23.3 Å². The number of hydrogen-bond donors (Lipinski definition) is 3. The highest BCUT2D eigenvalue weighted by Crippen LogP contribution is 2.32. The van der Waals surface area contributed by atoms with Crippen LogP contribution >= 0.6 is 0 Å². The first-order chi connectivity index (χ1) is 18.3. The van der Waals surface area contributed by atoms with E-state index in [0.29, 0.717) is 11.5 Å². The lowest BCUT2D eigenvalue weighted by Crippen LogP contribution is -2.29. The molecular weight excluding hydrogens is 474 g/mol. The lowest BCUT2D eigenvalue weighted by Gasteiger charge is -2.28. The van der Waals surface area contributed by atoms with E-state index in [2.05, 4.69) is 62.7 Å². The summed E-state index contributed by atoms with van der Waals surface area (Å²) in [6, 6.07) is 6.02. The second-order valence-corrected chi connectivity index (χ2v) is 11.3. The van der Waals surface area contributed by atoms with Gasteiger partial charge in [0.2, 0.25) is 0 Å². The number of H-pyrrole nitrogens is 2. The Hall–Kier alpha value is -4.27. The Labute approximate surface area is 221 Å². The third-order valence-corrected chi connectivity index (χ3v) is 6.80. The van der Waals surface area contributed by atoms with E-state index in [9.17, 15) is 0 Å². The van der Waals surface area contributed by atoms with E-state index in [0.717, 1.165) is 69.9 Å². The van der Waals surface area contributed by atoms with E-state index in [1.54, 1.807) is 0 Å². The lowest BCUT2D eigenvalue weighted by atomic mass is 9.91. The molecule has 1 aliphatic rings. The van der Waals surface area contributed by atoms with E-state index < -0.39 is 0 Å². The van der Waals surface area contributed by atoms with Gasteiger partial charge in [-0.2, -0.15) is 5.10 Å². The van der Waals surface area contributed by atoms with Crippen LogP contribution in [0, 0.1) is 5.41 Å². The number of pyridine rings is 3. The highest BCUT2D eigenvalue weighted by molar-refractivity contribution is 5.94. The quantitative estimate of drug-likeness (QED) is 0.247. The summed E-state index contributed by atoms with van der Waals surface area (Å²) in [6.45, 7) is 12.8. The van der Waals surface area contributed by atoms with Crippen molar-refractivity contribution < 1.29 is 0 Å². The number of piperidine rings is 1. The van der Waals surface area contributed by atoms with E-state index in [1.807, 2.05) is 43.0 Å². The molecule has 0 bridgehead atoms. The Bertz CT molecular complexity index is 1620. The second kappa shape index (κ2) is 9.55. The van der Waals surface area contributed by atoms with Gasteiger partial charge in [0.15, 0.2) is 11.5 Å². The topological polar surface area (TPSA) is 111 Å². The number of aromatic amines is 2. The number of anilines is 2. The van der Waals surface area contributed by atoms with Crippen LogP contribution in [-0.2, 0) is 0 Å². The van der Waals surface area contributed by atoms with Crippen LogP contribution in [0.2, 0.25) is 0 Å². The van der Waals surface area contributed by atoms with Gasteiger partial charge in [0, 0.05) is 30.5 Å². The van der Waals surface area contributed by atoms with Crippen LogP contribution in [0.3, 0.4) is 0 Å². The zero-order valence-corrected chi connectivity index (χ0v) is 22.2. The van der Waals surface area contributed by atoms with Crippen molar-refractivity contribution in [2.45, 2.75) is 46.5 Å². The molecule has 0 unspecified atom stereocenters. The number of hydrogen-bond acceptors (Lipinski definition) is 7. The molecule has 3 N–H and O–H groups in total. The Morgan fingerprint density at radius 1 is 0.974 bits per heavy atom. The average molecular weight is 508 g/mol. The molecule has 6 heterocycles. The van der Waals surface area contributed by atoms with Gasteiger partial charge in [-0.3, -0.25) is 15.1 Å². The molecule has 38 heavy (non-hydrogen) atoms. The normalized spacial score (nSPS) is 14.3. The second-order valence-electron chi connectivity index (χ2n) is 11.3. The number of nitrogens with zero attached hydrogens (tertiary/aromatic N) is 6. The Balaban J connectivity index is 1.33. The minimum atomic E-state index is 0.153. The summed E-state index contributed by atoms with van der Waals surface area (Å²) in [5.41, 5.74) is 8.89. The monoisotopic (exact) mass is 507 g/mol. The molecule has 0 saturated carbocycles. The molecule has 1 fully saturated rings. The van der Waals surface area contributed by atoms with Crippen molar-refractivity contribution in [1.29, 1.82) is 0 Å². The van der Waals surface area contributed by atoms with E-state index in [-0.39, 0.29) is 5.41 Å². The summed E-state index contributed by atoms with van der Waals surface area (Å²) in [5.74, 6) is 0.675. The Kier molecular flexibility index (Phi) is 6.06. The summed E-state index contributed by atoms with van der Waals surface area (Å²) in [7, 11) is 0. The van der Waals surface area contributed by atoms with Crippen LogP contribution < -0.4 is 10.2 Å². The first kappa shape index (κ1) is 24.1. The SMILES string of the molecule is C=C(CC(C)(C)C)Nc1cncc(-c2ccc3[nH]nc(-c4nc5c(N6CCCCC6)cncc5[nH]4)c3n2)c1. The molecular formula is C29H33N9. The summed E-state index contributed by atoms with van der Waals surface area (Å²) in [6.07, 6.45) is 11.9. The number of aromatic nitrogens is 7. The molecule has 194 valence electrons. The zero-order chi connectivity index (χ0) is 26.3. The van der Waals surface area contributed by atoms with Crippen molar-refractivity contribution in [3.63, 3.8) is 0 Å². The van der Waals surface area contributed by atoms with Crippen molar-refractivity contribution in [1.82, 2.24) is 35.1 Å². The molecule has 0 spiro atoms. The third kappa shape index (κ3) is 4.83. The van der Waals surface area contributed by atoms with Crippen molar-refractivity contribution in [3.8, 4) is 22.8 Å². The number of rotatable bonds is 6. The smallest absolute Gasteiger partial charge is 0.161 e. The van der Waals surface area contributed by atoms with Crippen LogP contribution in [0.5, 0.6) is 0 Å². The largest absolute Gasteiger partial charge is 0.368 e. The number of fused-ring (bicyclic) bond motifs is 2. The van der Waals surface area contributed by atoms with Gasteiger partial charge < -0.3 is 15.2 Å². The van der Waals surface area contributed by atoms with Gasteiger partial charge in [0.25, 0.3) is 0 Å². The third-order valence-electron chi connectivity index (χ3n) is 6.80. The molecule has 9 heteroatoms. The predicted molar refractivity (Wildman–Crippen MR) is 153 cm³/mol. The molecule has 5 aromatic rings. The molecule has 0 aliphatic carbocycles. The molecule has 0 atom stereocenters. The standard InChI is InChI=1S/C29H33N9/c1-18(13-29(2,3)4)32-20-12-19(14-30-15-20)21-8-9-22-26(33-21)27(37-36-22)28-34-23-16-31-17-24(25(23)35-28)38-10-6-5-7-11-38/h8-9,12,14-17,32H,1,5-7,10-11,13H2,2-4H3,(H,34,35)(H,36,37). The van der Waals surface area contributed by atoms with Gasteiger partial charge in [-0.25, -0.2) is 9.97 Å². The predicted octanol–water partition coefficient (Wildman–Crippen LogP) is 6.31. The molecule has 0 aromatic carbocycles. The van der Waals surface area contributed by atoms with Crippen LogP contribution in [0.4, 0.5) is 11.4 Å². The van der Waals surface area contributed by atoms with Gasteiger partial charge >= 0.3 is 0 Å². The highest BCUT2D eigenvalue weighted by Gasteiger charge is 2.20. The molecule has 1 aliphatic heterocycles. The van der Waals surface area contributed by atoms with Crippen LogP contribution in [0.25, 0.3) is 44.8 Å². The summed E-state index contributed by atoms with van der Waals surface area (Å²) >= 11 is 0. The van der Waals surface area contributed by atoms with Gasteiger partial charge in [-0.05, 0) is 49.3 Å². The lowest BCUT2D eigenvalue weighted by molar-refractivity contribution is 0.411. The fraction of sp³-hybridized carbons (Fsp3) is 0.345. The molecule has 0 radical (unpaired) electrons. The minimum absolute atomic E-state index is 0.153. The Morgan fingerprint density at radius 3 is 2.61 bits per heavy atom. The maximum absolute atomic E-state index is 4.97. The van der Waals surface area contributed by atoms with E-state index >= 15 is 0 Å². The summed E-state index contributed by atoms with van der Waals surface area (Å²) in [5, 5.41) is 11.1. The number of allylic oxidation sites excluding steroid dienone is 1. The maximum Gasteiger partial charge on any atom is 0.161 e. The van der Waals surface area contributed by atoms with Crippen LogP contribution in [0.1, 0.15) is 46.5 Å². The van der Waals surface area contributed by atoms with Crippen molar-refractivity contribution >= 4 is 33.4 Å². The summed E-state index contributed by atoms with van der Waals surface area (Å²) in [4.78, 5) is 24.7. The van der Waals surface area contributed by atoms with Crippen molar-refractivity contribution in [2.24, 2.45) is 5.41 Å². The van der Waals surface area contributed by atoms with Gasteiger partial charge in [0.1, 0.15) is 11.0 Å². The van der Waals surface area contributed by atoms with Crippen LogP contribution in [-0.4, -0.2) is 48.2 Å². The molecule has 0 amide bonds. The van der Waals surface area contributed by atoms with Gasteiger partial charge in [-0.15, -0.1) is 0 Å². The van der Waals surface area contributed by atoms with Gasteiger partial charge in [-0.1, -0.05) is 27.4 Å². The maximum atomic E-state index is 4.97. The fourth-order valence-corrected chi connectivity index (χ4v) is 5.16. The zero-order valence-electron chi connectivity index (χ0n) is 22.2. The first-order valence-corrected chi connectivity index (χ1v) is 13.2. The molecule has 9 nitrogen and oxygen atoms in total. The number of imidazole rings is 1. The fourth-order valence-electron chi connectivity index (χ4n) is 5.16.